The normalized spacial score (nSPS) is 18.0. The van der Waals surface area contributed by atoms with E-state index < -0.39 is 10.0 Å². The zero-order valence-corrected chi connectivity index (χ0v) is 15.7. The van der Waals surface area contributed by atoms with Gasteiger partial charge in [-0.1, -0.05) is 29.8 Å². The second-order valence-corrected chi connectivity index (χ2v) is 8.12. The van der Waals surface area contributed by atoms with Gasteiger partial charge in [-0.25, -0.2) is 13.1 Å². The lowest BCUT2D eigenvalue weighted by atomic mass is 10.1. The number of likely N-dealkylation sites (tertiary alicyclic amines) is 1. The van der Waals surface area contributed by atoms with Gasteiger partial charge in [-0.2, -0.15) is 0 Å². The van der Waals surface area contributed by atoms with Crippen molar-refractivity contribution in [1.82, 2.24) is 9.62 Å². The number of halogens is 2. The fourth-order valence-corrected chi connectivity index (χ4v) is 3.62. The predicted molar refractivity (Wildman–Crippen MR) is 98.5 cm³/mol. The Morgan fingerprint density at radius 2 is 2.08 bits per heavy atom. The average Bonchev–Trinajstić information content (AvgIpc) is 2.56. The molecule has 0 spiro atoms. The minimum absolute atomic E-state index is 0.0630. The molecule has 1 aromatic carbocycles. The van der Waals surface area contributed by atoms with Crippen LogP contribution >= 0.6 is 23.2 Å². The van der Waals surface area contributed by atoms with Crippen LogP contribution < -0.4 is 10.0 Å². The van der Waals surface area contributed by atoms with E-state index in [1.807, 2.05) is 0 Å². The van der Waals surface area contributed by atoms with Gasteiger partial charge in [-0.3, -0.25) is 4.79 Å². The Kier molecular flexibility index (Phi) is 6.56. The van der Waals surface area contributed by atoms with E-state index in [4.69, 9.17) is 23.2 Å². The highest BCUT2D eigenvalue weighted by Crippen LogP contribution is 2.33. The molecule has 10 heteroatoms. The summed E-state index contributed by atoms with van der Waals surface area (Å²) in [6.07, 6.45) is 1.34. The predicted octanol–water partition coefficient (Wildman–Crippen LogP) is 2.16. The van der Waals surface area contributed by atoms with Crippen molar-refractivity contribution in [1.29, 1.82) is 0 Å². The number of carbonyl (C=O) groups is 1. The average molecular weight is 408 g/mol. The molecule has 0 aromatic heterocycles. The number of sulfonamides is 1. The van der Waals surface area contributed by atoms with Crippen molar-refractivity contribution in [2.24, 2.45) is 0 Å². The molecule has 138 valence electrons. The van der Waals surface area contributed by atoms with E-state index in [1.54, 1.807) is 4.90 Å². The van der Waals surface area contributed by atoms with E-state index >= 15 is 0 Å². The van der Waals surface area contributed by atoms with Gasteiger partial charge < -0.3 is 15.3 Å². The minimum Gasteiger partial charge on any atom is -0.506 e. The van der Waals surface area contributed by atoms with E-state index in [9.17, 15) is 18.3 Å². The van der Waals surface area contributed by atoms with Crippen LogP contribution in [-0.2, 0) is 14.8 Å². The van der Waals surface area contributed by atoms with E-state index in [2.05, 4.69) is 16.6 Å². The summed E-state index contributed by atoms with van der Waals surface area (Å²) >= 11 is 11.7. The second-order valence-electron chi connectivity index (χ2n) is 5.65. The minimum atomic E-state index is -3.54. The number of anilines is 1. The number of hydrogen-bond acceptors (Lipinski definition) is 5. The molecule has 3 N–H and O–H groups in total. The third-order valence-corrected chi connectivity index (χ3v) is 5.62. The van der Waals surface area contributed by atoms with Crippen LogP contribution in [-0.4, -0.2) is 50.0 Å². The molecule has 1 amide bonds. The van der Waals surface area contributed by atoms with Crippen LogP contribution in [0, 0.1) is 0 Å². The van der Waals surface area contributed by atoms with E-state index in [0.29, 0.717) is 25.1 Å². The van der Waals surface area contributed by atoms with Crippen molar-refractivity contribution in [3.63, 3.8) is 0 Å². The van der Waals surface area contributed by atoms with Crippen molar-refractivity contribution >= 4 is 44.8 Å². The molecule has 0 aliphatic carbocycles. The van der Waals surface area contributed by atoms with Gasteiger partial charge in [0.25, 0.3) is 0 Å². The summed E-state index contributed by atoms with van der Waals surface area (Å²) in [6, 6.07) is 2.38. The fraction of sp³-hybridized carbons (Fsp3) is 0.400. The van der Waals surface area contributed by atoms with Gasteiger partial charge >= 0.3 is 0 Å². The number of nitrogens with one attached hydrogen (secondary N) is 2. The molecule has 1 aromatic rings. The Morgan fingerprint density at radius 3 is 2.76 bits per heavy atom. The number of phenolic OH excluding ortho intramolecular Hbond substituents is 1. The summed E-state index contributed by atoms with van der Waals surface area (Å²) < 4.78 is 25.6. The van der Waals surface area contributed by atoms with Crippen molar-refractivity contribution in [3.05, 3.63) is 34.2 Å². The molecule has 1 aliphatic rings. The molecule has 1 saturated heterocycles. The topological polar surface area (TPSA) is 98.7 Å². The molecule has 0 unspecified atom stereocenters. The Hall–Kier alpha value is -1.48. The number of aromatic hydroxyl groups is 1. The molecule has 1 atom stereocenters. The summed E-state index contributed by atoms with van der Waals surface area (Å²) in [4.78, 5) is 13.9. The molecule has 0 saturated carbocycles. The smallest absolute Gasteiger partial charge is 0.241 e. The summed E-state index contributed by atoms with van der Waals surface area (Å²) in [7, 11) is -3.54. The number of nitrogens with zero attached hydrogens (tertiary/aromatic N) is 1. The molecular weight excluding hydrogens is 389 g/mol. The van der Waals surface area contributed by atoms with Crippen LogP contribution in [0.25, 0.3) is 0 Å². The van der Waals surface area contributed by atoms with Crippen LogP contribution in [0.15, 0.2) is 24.1 Å². The van der Waals surface area contributed by atoms with Crippen LogP contribution in [0.2, 0.25) is 10.0 Å². The van der Waals surface area contributed by atoms with Crippen molar-refractivity contribution in [3.8, 4) is 5.75 Å². The molecule has 7 nitrogen and oxygen atoms in total. The zero-order chi connectivity index (χ0) is 18.6. The van der Waals surface area contributed by atoms with Crippen LogP contribution in [0.5, 0.6) is 5.75 Å². The highest BCUT2D eigenvalue weighted by atomic mass is 35.5. The lowest BCUT2D eigenvalue weighted by molar-refractivity contribution is -0.130. The van der Waals surface area contributed by atoms with Gasteiger partial charge in [0.15, 0.2) is 0 Å². The van der Waals surface area contributed by atoms with Crippen LogP contribution in [0.4, 0.5) is 5.69 Å². The number of hydrogen-bond donors (Lipinski definition) is 3. The van der Waals surface area contributed by atoms with Gasteiger partial charge in [0.2, 0.25) is 15.9 Å². The van der Waals surface area contributed by atoms with E-state index in [-0.39, 0.29) is 40.8 Å². The number of amides is 1. The number of phenols is 1. The molecule has 0 radical (unpaired) electrons. The van der Waals surface area contributed by atoms with E-state index in [1.165, 1.54) is 12.1 Å². The van der Waals surface area contributed by atoms with Crippen molar-refractivity contribution in [2.75, 3.05) is 25.0 Å². The highest BCUT2D eigenvalue weighted by molar-refractivity contribution is 7.92. The first-order chi connectivity index (χ1) is 11.7. The lowest BCUT2D eigenvalue weighted by Gasteiger charge is -2.33. The third kappa shape index (κ3) is 5.50. The maximum atomic E-state index is 12.3. The molecule has 1 aliphatic heterocycles. The molecule has 1 heterocycles. The maximum Gasteiger partial charge on any atom is 0.241 e. The SMILES string of the molecule is C=CS(=O)(=O)N[C@H]1CCCN(C(=O)CNc2cc(Cl)c(Cl)cc2O)C1. The van der Waals surface area contributed by atoms with Crippen molar-refractivity contribution < 1.29 is 18.3 Å². The number of benzene rings is 1. The van der Waals surface area contributed by atoms with E-state index in [0.717, 1.165) is 5.41 Å². The standard InChI is InChI=1S/C15H19Cl2N3O4S/c1-2-25(23,24)19-10-4-3-5-20(9-10)15(22)8-18-13-6-11(16)12(17)7-14(13)21/h2,6-7,10,18-19,21H,1,3-5,8-9H2/t10-/m0/s1. The Labute approximate surface area is 156 Å². The molecule has 2 rings (SSSR count). The summed E-state index contributed by atoms with van der Waals surface area (Å²) in [6.45, 7) is 4.01. The van der Waals surface area contributed by atoms with Gasteiger partial charge in [0, 0.05) is 30.6 Å². The Balaban J connectivity index is 1.94. The second kappa shape index (κ2) is 8.27. The number of carbonyl (C=O) groups excluding carboxylic acids is 1. The zero-order valence-electron chi connectivity index (χ0n) is 13.3. The fourth-order valence-electron chi connectivity index (χ4n) is 2.54. The first-order valence-corrected chi connectivity index (χ1v) is 9.86. The molecule has 25 heavy (non-hydrogen) atoms. The summed E-state index contributed by atoms with van der Waals surface area (Å²) in [5, 5.41) is 14.0. The van der Waals surface area contributed by atoms with Crippen LogP contribution in [0.1, 0.15) is 12.8 Å². The monoisotopic (exact) mass is 407 g/mol. The Bertz CT molecular complexity index is 770. The van der Waals surface area contributed by atoms with Gasteiger partial charge in [-0.05, 0) is 18.9 Å². The van der Waals surface area contributed by atoms with Gasteiger partial charge in [0.1, 0.15) is 5.75 Å². The first-order valence-electron chi connectivity index (χ1n) is 7.56. The van der Waals surface area contributed by atoms with Crippen molar-refractivity contribution in [2.45, 2.75) is 18.9 Å². The summed E-state index contributed by atoms with van der Waals surface area (Å²) in [5.41, 5.74) is 0.295. The van der Waals surface area contributed by atoms with Gasteiger partial charge in [-0.15, -0.1) is 0 Å². The Morgan fingerprint density at radius 1 is 1.40 bits per heavy atom. The molecule has 1 fully saturated rings. The quantitative estimate of drug-likeness (QED) is 0.627. The highest BCUT2D eigenvalue weighted by Gasteiger charge is 2.25. The molecule has 0 bridgehead atoms. The largest absolute Gasteiger partial charge is 0.506 e. The first kappa shape index (κ1) is 19.8. The molecular formula is C15H19Cl2N3O4S. The lowest BCUT2D eigenvalue weighted by Crippen LogP contribution is -2.50. The number of rotatable bonds is 6. The van der Waals surface area contributed by atoms with Gasteiger partial charge in [0.05, 0.1) is 22.3 Å². The third-order valence-electron chi connectivity index (χ3n) is 3.79. The number of piperidine rings is 1. The van der Waals surface area contributed by atoms with Crippen LogP contribution in [0.3, 0.4) is 0 Å². The maximum absolute atomic E-state index is 12.3. The summed E-state index contributed by atoms with van der Waals surface area (Å²) in [5.74, 6) is -0.328.